The smallest absolute Gasteiger partial charge is 0.300 e. The average molecular weight is 274 g/mol. The molecule has 0 atom stereocenters. The Morgan fingerprint density at radius 1 is 1.21 bits per heavy atom. The summed E-state index contributed by atoms with van der Waals surface area (Å²) < 4.78 is 5.60. The van der Waals surface area contributed by atoms with Gasteiger partial charge in [0.1, 0.15) is 5.52 Å². The SMILES string of the molecule is Cc1ccc(Cl)cc1Nc1nc2ccc(N)cc2o1. The van der Waals surface area contributed by atoms with Gasteiger partial charge in [0.2, 0.25) is 0 Å². The first-order valence-corrected chi connectivity index (χ1v) is 6.19. The Bertz CT molecular complexity index is 752. The van der Waals surface area contributed by atoms with Crippen LogP contribution < -0.4 is 11.1 Å². The minimum absolute atomic E-state index is 0.422. The lowest BCUT2D eigenvalue weighted by atomic mass is 10.2. The van der Waals surface area contributed by atoms with Crippen LogP contribution in [0.25, 0.3) is 11.1 Å². The van der Waals surface area contributed by atoms with E-state index < -0.39 is 0 Å². The summed E-state index contributed by atoms with van der Waals surface area (Å²) in [6.07, 6.45) is 0. The maximum absolute atomic E-state index is 5.97. The largest absolute Gasteiger partial charge is 0.423 e. The van der Waals surface area contributed by atoms with Gasteiger partial charge in [0.25, 0.3) is 6.01 Å². The maximum atomic E-state index is 5.97. The zero-order chi connectivity index (χ0) is 13.4. The number of oxazole rings is 1. The van der Waals surface area contributed by atoms with Gasteiger partial charge in [0, 0.05) is 22.5 Å². The van der Waals surface area contributed by atoms with Crippen LogP contribution in [0.5, 0.6) is 0 Å². The van der Waals surface area contributed by atoms with Crippen LogP contribution in [0.1, 0.15) is 5.56 Å². The molecule has 0 spiro atoms. The van der Waals surface area contributed by atoms with Crippen molar-refractivity contribution in [3.8, 4) is 0 Å². The predicted octanol–water partition coefficient (Wildman–Crippen LogP) is 4.12. The number of hydrogen-bond donors (Lipinski definition) is 2. The molecule has 0 radical (unpaired) electrons. The number of rotatable bonds is 2. The van der Waals surface area contributed by atoms with E-state index in [9.17, 15) is 0 Å². The molecule has 2 aromatic carbocycles. The predicted molar refractivity (Wildman–Crippen MR) is 77.9 cm³/mol. The van der Waals surface area contributed by atoms with E-state index in [4.69, 9.17) is 21.8 Å². The molecule has 0 unspecified atom stereocenters. The molecular formula is C14H12ClN3O. The van der Waals surface area contributed by atoms with Crippen molar-refractivity contribution in [3.05, 3.63) is 47.0 Å². The molecule has 0 aliphatic heterocycles. The number of aromatic nitrogens is 1. The van der Waals surface area contributed by atoms with Crippen molar-refractivity contribution in [2.45, 2.75) is 6.92 Å². The number of nitrogen functional groups attached to an aromatic ring is 1. The molecule has 1 aromatic heterocycles. The van der Waals surface area contributed by atoms with E-state index in [1.165, 1.54) is 0 Å². The second-order valence-corrected chi connectivity index (χ2v) is 4.77. The van der Waals surface area contributed by atoms with Gasteiger partial charge in [0.15, 0.2) is 5.58 Å². The van der Waals surface area contributed by atoms with Crippen LogP contribution >= 0.6 is 11.6 Å². The fourth-order valence-electron chi connectivity index (χ4n) is 1.84. The molecule has 19 heavy (non-hydrogen) atoms. The number of aryl methyl sites for hydroxylation is 1. The highest BCUT2D eigenvalue weighted by atomic mass is 35.5. The summed E-state index contributed by atoms with van der Waals surface area (Å²) >= 11 is 5.97. The quantitative estimate of drug-likeness (QED) is 0.690. The van der Waals surface area contributed by atoms with Gasteiger partial charge in [-0.05, 0) is 36.8 Å². The zero-order valence-corrected chi connectivity index (χ0v) is 11.0. The Hall–Kier alpha value is -2.20. The van der Waals surface area contributed by atoms with Crippen molar-refractivity contribution in [2.24, 2.45) is 0 Å². The standard InChI is InChI=1S/C14H12ClN3O/c1-8-2-3-9(15)6-12(8)18-14-17-11-5-4-10(16)7-13(11)19-14/h2-7H,16H2,1H3,(H,17,18). The molecule has 96 valence electrons. The Kier molecular flexibility index (Phi) is 2.80. The van der Waals surface area contributed by atoms with Crippen LogP contribution in [0.4, 0.5) is 17.4 Å². The summed E-state index contributed by atoms with van der Waals surface area (Å²) in [4.78, 5) is 4.34. The van der Waals surface area contributed by atoms with Crippen molar-refractivity contribution in [1.82, 2.24) is 4.98 Å². The highest BCUT2D eigenvalue weighted by Gasteiger charge is 2.07. The molecule has 3 N–H and O–H groups in total. The molecule has 0 aliphatic rings. The van der Waals surface area contributed by atoms with Gasteiger partial charge >= 0.3 is 0 Å². The number of benzene rings is 2. The summed E-state index contributed by atoms with van der Waals surface area (Å²) in [5.41, 5.74) is 9.70. The van der Waals surface area contributed by atoms with Crippen molar-refractivity contribution < 1.29 is 4.42 Å². The van der Waals surface area contributed by atoms with Crippen molar-refractivity contribution in [2.75, 3.05) is 11.1 Å². The molecule has 0 saturated carbocycles. The highest BCUT2D eigenvalue weighted by molar-refractivity contribution is 6.30. The Morgan fingerprint density at radius 3 is 2.89 bits per heavy atom. The van der Waals surface area contributed by atoms with Crippen LogP contribution in [-0.2, 0) is 0 Å². The Balaban J connectivity index is 1.98. The van der Waals surface area contributed by atoms with E-state index >= 15 is 0 Å². The van der Waals surface area contributed by atoms with Crippen LogP contribution in [0.15, 0.2) is 40.8 Å². The van der Waals surface area contributed by atoms with Crippen LogP contribution in [0.3, 0.4) is 0 Å². The number of nitrogens with two attached hydrogens (primary N) is 1. The topological polar surface area (TPSA) is 64.1 Å². The minimum atomic E-state index is 0.422. The normalized spacial score (nSPS) is 10.8. The maximum Gasteiger partial charge on any atom is 0.300 e. The third-order valence-corrected chi connectivity index (χ3v) is 3.09. The molecule has 0 saturated heterocycles. The van der Waals surface area contributed by atoms with Crippen LogP contribution in [-0.4, -0.2) is 4.98 Å². The molecule has 4 nitrogen and oxygen atoms in total. The third kappa shape index (κ3) is 2.35. The van der Waals surface area contributed by atoms with Gasteiger partial charge in [-0.3, -0.25) is 0 Å². The van der Waals surface area contributed by atoms with Crippen LogP contribution in [0.2, 0.25) is 5.02 Å². The van der Waals surface area contributed by atoms with Gasteiger partial charge in [-0.25, -0.2) is 0 Å². The second-order valence-electron chi connectivity index (χ2n) is 4.33. The van der Waals surface area contributed by atoms with Crippen LogP contribution in [0, 0.1) is 6.92 Å². The lowest BCUT2D eigenvalue weighted by Gasteiger charge is -2.05. The zero-order valence-electron chi connectivity index (χ0n) is 10.3. The number of hydrogen-bond acceptors (Lipinski definition) is 4. The lowest BCUT2D eigenvalue weighted by molar-refractivity contribution is 0.623. The number of nitrogens with zero attached hydrogens (tertiary/aromatic N) is 1. The van der Waals surface area contributed by atoms with Gasteiger partial charge in [0.05, 0.1) is 0 Å². The van der Waals surface area contributed by atoms with Gasteiger partial charge in [-0.2, -0.15) is 4.98 Å². The summed E-state index contributed by atoms with van der Waals surface area (Å²) in [6.45, 7) is 1.99. The molecule has 0 fully saturated rings. The monoisotopic (exact) mass is 273 g/mol. The van der Waals surface area contributed by atoms with E-state index in [0.29, 0.717) is 22.3 Å². The average Bonchev–Trinajstić information content (AvgIpc) is 2.75. The van der Waals surface area contributed by atoms with Crippen molar-refractivity contribution in [1.29, 1.82) is 0 Å². The van der Waals surface area contributed by atoms with Gasteiger partial charge in [-0.15, -0.1) is 0 Å². The fraction of sp³-hybridized carbons (Fsp3) is 0.0714. The van der Waals surface area contributed by atoms with E-state index in [1.54, 1.807) is 12.1 Å². The third-order valence-electron chi connectivity index (χ3n) is 2.85. The lowest BCUT2D eigenvalue weighted by Crippen LogP contribution is -1.92. The minimum Gasteiger partial charge on any atom is -0.423 e. The molecule has 3 aromatic rings. The van der Waals surface area contributed by atoms with Crippen molar-refractivity contribution in [3.63, 3.8) is 0 Å². The Labute approximate surface area is 115 Å². The summed E-state index contributed by atoms with van der Waals surface area (Å²) in [6, 6.07) is 11.4. The van der Waals surface area contributed by atoms with E-state index in [1.807, 2.05) is 31.2 Å². The first kappa shape index (κ1) is 11.9. The molecule has 0 amide bonds. The summed E-state index contributed by atoms with van der Waals surface area (Å²) in [5, 5.41) is 3.78. The number of fused-ring (bicyclic) bond motifs is 1. The number of nitrogens with one attached hydrogen (secondary N) is 1. The highest BCUT2D eigenvalue weighted by Crippen LogP contribution is 2.26. The first-order valence-electron chi connectivity index (χ1n) is 5.81. The molecule has 0 bridgehead atoms. The molecule has 5 heteroatoms. The van der Waals surface area contributed by atoms with Crippen molar-refractivity contribution >= 4 is 40.1 Å². The molecular weight excluding hydrogens is 262 g/mol. The molecule has 0 aliphatic carbocycles. The fourth-order valence-corrected chi connectivity index (χ4v) is 2.01. The first-order chi connectivity index (χ1) is 9.11. The number of halogens is 1. The summed E-state index contributed by atoms with van der Waals surface area (Å²) in [7, 11) is 0. The summed E-state index contributed by atoms with van der Waals surface area (Å²) in [5.74, 6) is 0. The molecule has 3 rings (SSSR count). The van der Waals surface area contributed by atoms with Gasteiger partial charge in [-0.1, -0.05) is 17.7 Å². The van der Waals surface area contributed by atoms with E-state index in [-0.39, 0.29) is 0 Å². The van der Waals surface area contributed by atoms with E-state index in [0.717, 1.165) is 16.8 Å². The Morgan fingerprint density at radius 2 is 2.05 bits per heavy atom. The van der Waals surface area contributed by atoms with Gasteiger partial charge < -0.3 is 15.5 Å². The van der Waals surface area contributed by atoms with E-state index in [2.05, 4.69) is 10.3 Å². The number of anilines is 3. The molecule has 1 heterocycles. The second kappa shape index (κ2) is 4.48.